The average molecular weight is 388 g/mol. The fraction of sp³-hybridized carbons (Fsp3) is 0.312. The van der Waals surface area contributed by atoms with Gasteiger partial charge in [0.1, 0.15) is 6.26 Å². The third-order valence-electron chi connectivity index (χ3n) is 3.34. The van der Waals surface area contributed by atoms with Gasteiger partial charge in [0.25, 0.3) is 5.91 Å². The lowest BCUT2D eigenvalue weighted by Crippen LogP contribution is -2.31. The van der Waals surface area contributed by atoms with Gasteiger partial charge in [-0.1, -0.05) is 38.1 Å². The van der Waals surface area contributed by atoms with Crippen LogP contribution in [-0.2, 0) is 0 Å². The van der Waals surface area contributed by atoms with Crippen LogP contribution in [0.4, 0.5) is 0 Å². The zero-order valence-corrected chi connectivity index (χ0v) is 14.9. The summed E-state index contributed by atoms with van der Waals surface area (Å²) in [7, 11) is 0. The quantitative estimate of drug-likeness (QED) is 0.814. The summed E-state index contributed by atoms with van der Waals surface area (Å²) in [6.07, 6.45) is 1.41. The van der Waals surface area contributed by atoms with Crippen LogP contribution in [0.3, 0.4) is 0 Å². The molecule has 0 aliphatic heterocycles. The van der Waals surface area contributed by atoms with Crippen molar-refractivity contribution in [2.24, 2.45) is 5.73 Å². The molecule has 120 valence electrons. The first-order chi connectivity index (χ1) is 9.97. The monoisotopic (exact) mass is 386 g/mol. The Hall–Kier alpha value is -1.30. The summed E-state index contributed by atoms with van der Waals surface area (Å²) < 4.78 is 5.57. The molecule has 1 heterocycles. The zero-order valence-electron chi connectivity index (χ0n) is 12.5. The number of amides is 1. The van der Waals surface area contributed by atoms with E-state index in [-0.39, 0.29) is 24.4 Å². The number of hydrogen-bond donors (Lipinski definition) is 2. The molecule has 1 atom stereocenters. The molecule has 0 saturated carbocycles. The van der Waals surface area contributed by atoms with E-state index >= 15 is 0 Å². The number of nitrogens with two attached hydrogens (primary N) is 1. The predicted molar refractivity (Wildman–Crippen MR) is 93.4 cm³/mol. The van der Waals surface area contributed by atoms with Gasteiger partial charge in [-0.2, -0.15) is 0 Å². The fourth-order valence-corrected chi connectivity index (χ4v) is 2.32. The SMILES string of the molecule is CC(C)c1ccc(C(N)CNC(=O)c2coc(Br)c2)cc1.Cl. The molecule has 6 heteroatoms. The minimum absolute atomic E-state index is 0. The highest BCUT2D eigenvalue weighted by molar-refractivity contribution is 9.10. The van der Waals surface area contributed by atoms with Crippen molar-refractivity contribution in [3.8, 4) is 0 Å². The predicted octanol–water partition coefficient (Wildman–Crippen LogP) is 4.02. The van der Waals surface area contributed by atoms with Gasteiger partial charge in [0.15, 0.2) is 4.67 Å². The summed E-state index contributed by atoms with van der Waals surface area (Å²) in [5.41, 5.74) is 8.87. The van der Waals surface area contributed by atoms with Gasteiger partial charge < -0.3 is 15.5 Å². The molecule has 0 spiro atoms. The fourth-order valence-electron chi connectivity index (χ4n) is 1.98. The molecule has 0 bridgehead atoms. The summed E-state index contributed by atoms with van der Waals surface area (Å²) in [5.74, 6) is 0.299. The van der Waals surface area contributed by atoms with E-state index in [0.717, 1.165) is 5.56 Å². The zero-order chi connectivity index (χ0) is 15.4. The number of rotatable bonds is 5. The first-order valence-corrected chi connectivity index (χ1v) is 7.64. The lowest BCUT2D eigenvalue weighted by Gasteiger charge is -2.14. The van der Waals surface area contributed by atoms with Gasteiger partial charge in [-0.15, -0.1) is 12.4 Å². The Balaban J connectivity index is 0.00000242. The number of halogens is 2. The van der Waals surface area contributed by atoms with Crippen molar-refractivity contribution in [1.82, 2.24) is 5.32 Å². The molecule has 0 aliphatic rings. The summed E-state index contributed by atoms with van der Waals surface area (Å²) in [4.78, 5) is 11.9. The molecule has 0 aliphatic carbocycles. The lowest BCUT2D eigenvalue weighted by molar-refractivity contribution is 0.0950. The highest BCUT2D eigenvalue weighted by atomic mass is 79.9. The topological polar surface area (TPSA) is 68.3 Å². The lowest BCUT2D eigenvalue weighted by atomic mass is 9.99. The summed E-state index contributed by atoms with van der Waals surface area (Å²) in [6, 6.07) is 9.58. The number of carbonyl (C=O) groups excluding carboxylic acids is 1. The molecule has 2 aromatic rings. The van der Waals surface area contributed by atoms with Crippen molar-refractivity contribution in [1.29, 1.82) is 0 Å². The molecule has 1 aromatic heterocycles. The van der Waals surface area contributed by atoms with E-state index in [1.165, 1.54) is 11.8 Å². The highest BCUT2D eigenvalue weighted by Gasteiger charge is 2.12. The van der Waals surface area contributed by atoms with Crippen LogP contribution < -0.4 is 11.1 Å². The summed E-state index contributed by atoms with van der Waals surface area (Å²) >= 11 is 3.16. The Morgan fingerprint density at radius 2 is 1.86 bits per heavy atom. The Morgan fingerprint density at radius 1 is 1.27 bits per heavy atom. The van der Waals surface area contributed by atoms with Crippen LogP contribution in [0.5, 0.6) is 0 Å². The molecule has 4 nitrogen and oxygen atoms in total. The van der Waals surface area contributed by atoms with E-state index in [9.17, 15) is 4.79 Å². The maximum atomic E-state index is 11.9. The average Bonchev–Trinajstić information content (AvgIpc) is 2.91. The Labute approximate surface area is 145 Å². The molecule has 2 rings (SSSR count). The Bertz CT molecular complexity index is 611. The van der Waals surface area contributed by atoms with E-state index in [1.807, 2.05) is 12.1 Å². The van der Waals surface area contributed by atoms with Crippen molar-refractivity contribution in [2.75, 3.05) is 6.54 Å². The van der Waals surface area contributed by atoms with Gasteiger partial charge >= 0.3 is 0 Å². The van der Waals surface area contributed by atoms with Crippen LogP contribution in [0, 0.1) is 0 Å². The maximum Gasteiger partial charge on any atom is 0.254 e. The first kappa shape index (κ1) is 18.7. The van der Waals surface area contributed by atoms with Crippen molar-refractivity contribution in [3.63, 3.8) is 0 Å². The largest absolute Gasteiger partial charge is 0.457 e. The van der Waals surface area contributed by atoms with Crippen LogP contribution in [0.15, 0.2) is 45.7 Å². The molecule has 0 radical (unpaired) electrons. The summed E-state index contributed by atoms with van der Waals surface area (Å²) in [5, 5.41) is 2.80. The van der Waals surface area contributed by atoms with Crippen molar-refractivity contribution in [2.45, 2.75) is 25.8 Å². The number of hydrogen-bond acceptors (Lipinski definition) is 3. The number of carbonyl (C=O) groups is 1. The number of furan rings is 1. The minimum atomic E-state index is -0.231. The normalized spacial score (nSPS) is 11.9. The van der Waals surface area contributed by atoms with Gasteiger partial charge in [-0.25, -0.2) is 0 Å². The van der Waals surface area contributed by atoms with E-state index in [0.29, 0.717) is 22.7 Å². The van der Waals surface area contributed by atoms with E-state index in [2.05, 4.69) is 47.2 Å². The van der Waals surface area contributed by atoms with E-state index < -0.39 is 0 Å². The molecule has 1 unspecified atom stereocenters. The van der Waals surface area contributed by atoms with Gasteiger partial charge in [-0.05, 0) is 33.0 Å². The van der Waals surface area contributed by atoms with Crippen molar-refractivity contribution < 1.29 is 9.21 Å². The van der Waals surface area contributed by atoms with Crippen LogP contribution in [0.2, 0.25) is 0 Å². The molecule has 3 N–H and O–H groups in total. The molecular weight excluding hydrogens is 368 g/mol. The van der Waals surface area contributed by atoms with Gasteiger partial charge in [0.2, 0.25) is 0 Å². The van der Waals surface area contributed by atoms with Gasteiger partial charge in [0.05, 0.1) is 5.56 Å². The smallest absolute Gasteiger partial charge is 0.254 e. The van der Waals surface area contributed by atoms with Crippen LogP contribution in [-0.4, -0.2) is 12.5 Å². The second kappa shape index (κ2) is 8.36. The minimum Gasteiger partial charge on any atom is -0.457 e. The van der Waals surface area contributed by atoms with E-state index in [1.54, 1.807) is 6.07 Å². The molecule has 0 saturated heterocycles. The maximum absolute atomic E-state index is 11.9. The molecule has 0 fully saturated rings. The van der Waals surface area contributed by atoms with Gasteiger partial charge in [-0.3, -0.25) is 4.79 Å². The molecule has 1 aromatic carbocycles. The second-order valence-electron chi connectivity index (χ2n) is 5.28. The highest BCUT2D eigenvalue weighted by Crippen LogP contribution is 2.18. The van der Waals surface area contributed by atoms with Crippen molar-refractivity contribution in [3.05, 3.63) is 58.0 Å². The third-order valence-corrected chi connectivity index (χ3v) is 3.76. The number of nitrogens with one attached hydrogen (secondary N) is 1. The van der Waals surface area contributed by atoms with Crippen molar-refractivity contribution >= 4 is 34.2 Å². The first-order valence-electron chi connectivity index (χ1n) is 6.85. The summed E-state index contributed by atoms with van der Waals surface area (Å²) in [6.45, 7) is 4.68. The second-order valence-corrected chi connectivity index (χ2v) is 6.06. The van der Waals surface area contributed by atoms with Gasteiger partial charge in [0, 0.05) is 18.7 Å². The molecular formula is C16H20BrClN2O2. The standard InChI is InChI=1S/C16H19BrN2O2.ClH/c1-10(2)11-3-5-12(6-4-11)14(18)8-19-16(20)13-7-15(17)21-9-13;/h3-7,9-10,14H,8,18H2,1-2H3,(H,19,20);1H. The molecule has 1 amide bonds. The van der Waals surface area contributed by atoms with E-state index in [4.69, 9.17) is 10.2 Å². The van der Waals surface area contributed by atoms with Crippen LogP contribution >= 0.6 is 28.3 Å². The molecule has 22 heavy (non-hydrogen) atoms. The third kappa shape index (κ3) is 4.87. The Kier molecular flexibility index (Phi) is 7.13. The Morgan fingerprint density at radius 3 is 2.36 bits per heavy atom. The van der Waals surface area contributed by atoms with Crippen LogP contribution in [0.25, 0.3) is 0 Å². The number of benzene rings is 1. The van der Waals surface area contributed by atoms with Crippen LogP contribution in [0.1, 0.15) is 47.3 Å².